The SMILES string of the molecule is O=c1nc(-c2ccccc2)nc(C2CCCCC2)[nH]1. The van der Waals surface area contributed by atoms with E-state index in [0.717, 1.165) is 24.2 Å². The summed E-state index contributed by atoms with van der Waals surface area (Å²) in [6, 6.07) is 9.66. The Balaban J connectivity index is 1.98. The average Bonchev–Trinajstić information content (AvgIpc) is 2.48. The Bertz CT molecular complexity index is 600. The van der Waals surface area contributed by atoms with Crippen LogP contribution < -0.4 is 5.69 Å². The molecule has 1 N–H and O–H groups in total. The van der Waals surface area contributed by atoms with Crippen molar-refractivity contribution in [3.8, 4) is 11.4 Å². The van der Waals surface area contributed by atoms with Gasteiger partial charge in [-0.15, -0.1) is 0 Å². The molecule has 2 aromatic rings. The Morgan fingerprint density at radius 3 is 2.47 bits per heavy atom. The lowest BCUT2D eigenvalue weighted by atomic mass is 9.89. The van der Waals surface area contributed by atoms with E-state index >= 15 is 0 Å². The number of hydrogen-bond acceptors (Lipinski definition) is 3. The molecule has 1 heterocycles. The topological polar surface area (TPSA) is 58.6 Å². The summed E-state index contributed by atoms with van der Waals surface area (Å²) < 4.78 is 0. The first kappa shape index (κ1) is 12.1. The van der Waals surface area contributed by atoms with E-state index in [0.29, 0.717) is 11.7 Å². The zero-order chi connectivity index (χ0) is 13.1. The van der Waals surface area contributed by atoms with Gasteiger partial charge in [0.15, 0.2) is 5.82 Å². The van der Waals surface area contributed by atoms with Crippen LogP contribution in [0.15, 0.2) is 35.1 Å². The fourth-order valence-electron chi connectivity index (χ4n) is 2.69. The molecular formula is C15H17N3O. The van der Waals surface area contributed by atoms with Crippen molar-refractivity contribution in [1.29, 1.82) is 0 Å². The lowest BCUT2D eigenvalue weighted by Gasteiger charge is -2.20. The van der Waals surface area contributed by atoms with E-state index in [2.05, 4.69) is 15.0 Å². The molecule has 1 saturated carbocycles. The summed E-state index contributed by atoms with van der Waals surface area (Å²) in [4.78, 5) is 23.1. The van der Waals surface area contributed by atoms with Gasteiger partial charge in [-0.3, -0.25) is 4.98 Å². The predicted molar refractivity (Wildman–Crippen MR) is 73.9 cm³/mol. The number of aromatic nitrogens is 3. The van der Waals surface area contributed by atoms with Gasteiger partial charge >= 0.3 is 5.69 Å². The normalized spacial score (nSPS) is 16.4. The summed E-state index contributed by atoms with van der Waals surface area (Å²) in [5, 5.41) is 0. The van der Waals surface area contributed by atoms with Crippen molar-refractivity contribution in [3.05, 3.63) is 46.6 Å². The molecule has 0 radical (unpaired) electrons. The van der Waals surface area contributed by atoms with Crippen LogP contribution in [-0.4, -0.2) is 15.0 Å². The van der Waals surface area contributed by atoms with Gasteiger partial charge in [-0.2, -0.15) is 4.98 Å². The third-order valence-corrected chi connectivity index (χ3v) is 3.69. The van der Waals surface area contributed by atoms with Gasteiger partial charge in [0.1, 0.15) is 5.82 Å². The lowest BCUT2D eigenvalue weighted by Crippen LogP contribution is -2.19. The zero-order valence-electron chi connectivity index (χ0n) is 10.8. The van der Waals surface area contributed by atoms with Crippen LogP contribution in [0.25, 0.3) is 11.4 Å². The molecule has 0 atom stereocenters. The van der Waals surface area contributed by atoms with Crippen LogP contribution in [0, 0.1) is 0 Å². The molecular weight excluding hydrogens is 238 g/mol. The van der Waals surface area contributed by atoms with Crippen molar-refractivity contribution in [2.45, 2.75) is 38.0 Å². The molecule has 0 aliphatic heterocycles. The van der Waals surface area contributed by atoms with E-state index in [4.69, 9.17) is 0 Å². The maximum Gasteiger partial charge on any atom is 0.348 e. The molecule has 1 fully saturated rings. The fraction of sp³-hybridized carbons (Fsp3) is 0.400. The average molecular weight is 255 g/mol. The molecule has 1 aliphatic carbocycles. The Labute approximate surface area is 111 Å². The molecule has 0 spiro atoms. The highest BCUT2D eigenvalue weighted by Crippen LogP contribution is 2.30. The smallest absolute Gasteiger partial charge is 0.294 e. The third-order valence-electron chi connectivity index (χ3n) is 3.69. The van der Waals surface area contributed by atoms with Gasteiger partial charge in [0.05, 0.1) is 0 Å². The predicted octanol–water partition coefficient (Wildman–Crippen LogP) is 2.88. The second kappa shape index (κ2) is 5.34. The molecule has 19 heavy (non-hydrogen) atoms. The highest BCUT2D eigenvalue weighted by molar-refractivity contribution is 5.53. The quantitative estimate of drug-likeness (QED) is 0.897. The van der Waals surface area contributed by atoms with Crippen LogP contribution >= 0.6 is 0 Å². The number of benzene rings is 1. The van der Waals surface area contributed by atoms with Crippen LogP contribution in [0.5, 0.6) is 0 Å². The van der Waals surface area contributed by atoms with Crippen LogP contribution in [0.2, 0.25) is 0 Å². The zero-order valence-corrected chi connectivity index (χ0v) is 10.8. The summed E-state index contributed by atoms with van der Waals surface area (Å²) in [6.45, 7) is 0. The number of aromatic amines is 1. The van der Waals surface area contributed by atoms with E-state index in [9.17, 15) is 4.79 Å². The molecule has 0 amide bonds. The Morgan fingerprint density at radius 1 is 1.00 bits per heavy atom. The molecule has 0 unspecified atom stereocenters. The van der Waals surface area contributed by atoms with Gasteiger partial charge in [-0.1, -0.05) is 49.6 Å². The van der Waals surface area contributed by atoms with Gasteiger partial charge in [0.25, 0.3) is 0 Å². The molecule has 1 aromatic heterocycles. The van der Waals surface area contributed by atoms with Crippen LogP contribution in [0.1, 0.15) is 43.8 Å². The summed E-state index contributed by atoms with van der Waals surface area (Å²) >= 11 is 0. The van der Waals surface area contributed by atoms with Gasteiger partial charge in [-0.25, -0.2) is 9.78 Å². The molecule has 0 saturated heterocycles. The molecule has 98 valence electrons. The molecule has 4 nitrogen and oxygen atoms in total. The van der Waals surface area contributed by atoms with E-state index in [-0.39, 0.29) is 5.69 Å². The van der Waals surface area contributed by atoms with Gasteiger partial charge in [0, 0.05) is 11.5 Å². The fourth-order valence-corrected chi connectivity index (χ4v) is 2.69. The lowest BCUT2D eigenvalue weighted by molar-refractivity contribution is 0.427. The van der Waals surface area contributed by atoms with Gasteiger partial charge in [0.2, 0.25) is 0 Å². The maximum atomic E-state index is 11.7. The number of rotatable bonds is 2. The minimum absolute atomic E-state index is 0.297. The summed E-state index contributed by atoms with van der Waals surface area (Å²) in [6.07, 6.45) is 5.95. The maximum absolute atomic E-state index is 11.7. The monoisotopic (exact) mass is 255 g/mol. The largest absolute Gasteiger partial charge is 0.348 e. The first-order valence-electron chi connectivity index (χ1n) is 6.86. The van der Waals surface area contributed by atoms with Crippen molar-refractivity contribution in [1.82, 2.24) is 15.0 Å². The molecule has 1 aromatic carbocycles. The summed E-state index contributed by atoms with van der Waals surface area (Å²) in [7, 11) is 0. The van der Waals surface area contributed by atoms with E-state index in [1.165, 1.54) is 19.3 Å². The van der Waals surface area contributed by atoms with Crippen LogP contribution in [0.4, 0.5) is 0 Å². The highest BCUT2D eigenvalue weighted by atomic mass is 16.1. The first-order chi connectivity index (χ1) is 9.33. The van der Waals surface area contributed by atoms with E-state index in [1.807, 2.05) is 30.3 Å². The second-order valence-corrected chi connectivity index (χ2v) is 5.06. The minimum atomic E-state index is -0.297. The number of hydrogen-bond donors (Lipinski definition) is 1. The van der Waals surface area contributed by atoms with Crippen LogP contribution in [0.3, 0.4) is 0 Å². The Morgan fingerprint density at radius 2 is 1.74 bits per heavy atom. The van der Waals surface area contributed by atoms with Crippen LogP contribution in [-0.2, 0) is 0 Å². The van der Waals surface area contributed by atoms with E-state index in [1.54, 1.807) is 0 Å². The van der Waals surface area contributed by atoms with Crippen molar-refractivity contribution in [2.24, 2.45) is 0 Å². The van der Waals surface area contributed by atoms with Crippen molar-refractivity contribution in [2.75, 3.05) is 0 Å². The number of nitrogens with zero attached hydrogens (tertiary/aromatic N) is 2. The number of nitrogens with one attached hydrogen (secondary N) is 1. The Kier molecular flexibility index (Phi) is 3.40. The van der Waals surface area contributed by atoms with E-state index < -0.39 is 0 Å². The molecule has 4 heteroatoms. The summed E-state index contributed by atoms with van der Waals surface area (Å²) in [5.41, 5.74) is 0.597. The molecule has 1 aliphatic rings. The summed E-state index contributed by atoms with van der Waals surface area (Å²) in [5.74, 6) is 1.72. The van der Waals surface area contributed by atoms with Crippen molar-refractivity contribution >= 4 is 0 Å². The first-order valence-corrected chi connectivity index (χ1v) is 6.86. The second-order valence-electron chi connectivity index (χ2n) is 5.06. The standard InChI is InChI=1S/C15H17N3O/c19-15-17-13(11-7-3-1-4-8-11)16-14(18-15)12-9-5-2-6-10-12/h1,3-4,7-8,12H,2,5-6,9-10H2,(H,16,17,18,19). The third kappa shape index (κ3) is 2.72. The van der Waals surface area contributed by atoms with Gasteiger partial charge < -0.3 is 0 Å². The van der Waals surface area contributed by atoms with Crippen molar-refractivity contribution in [3.63, 3.8) is 0 Å². The number of H-pyrrole nitrogens is 1. The molecule has 0 bridgehead atoms. The van der Waals surface area contributed by atoms with Crippen molar-refractivity contribution < 1.29 is 0 Å². The highest BCUT2D eigenvalue weighted by Gasteiger charge is 2.18. The van der Waals surface area contributed by atoms with Gasteiger partial charge in [-0.05, 0) is 12.8 Å². The minimum Gasteiger partial charge on any atom is -0.294 e. The molecule has 3 rings (SSSR count). The Hall–Kier alpha value is -1.97.